The Balaban J connectivity index is 1.86. The van der Waals surface area contributed by atoms with Gasteiger partial charge in [-0.3, -0.25) is 18.8 Å². The van der Waals surface area contributed by atoms with Crippen LogP contribution >= 0.6 is 11.6 Å². The van der Waals surface area contributed by atoms with Gasteiger partial charge in [0.25, 0.3) is 11.5 Å². The Labute approximate surface area is 184 Å². The molecule has 0 bridgehead atoms. The molecule has 0 saturated carbocycles. The van der Waals surface area contributed by atoms with Crippen LogP contribution in [0.15, 0.2) is 59.4 Å². The Morgan fingerprint density at radius 3 is 2.52 bits per heavy atom. The number of hydrogen-bond acceptors (Lipinski definition) is 4. The van der Waals surface area contributed by atoms with Gasteiger partial charge >= 0.3 is 0 Å². The average Bonchev–Trinajstić information content (AvgIpc) is 2.99. The van der Waals surface area contributed by atoms with Crippen LogP contribution in [0.4, 0.5) is 5.82 Å². The molecule has 2 aromatic heterocycles. The van der Waals surface area contributed by atoms with Gasteiger partial charge in [0.2, 0.25) is 0 Å². The third-order valence-corrected chi connectivity index (χ3v) is 5.73. The van der Waals surface area contributed by atoms with Crippen LogP contribution < -0.4 is 16.6 Å². The number of nitrogens with zero attached hydrogens (tertiary/aromatic N) is 3. The first kappa shape index (κ1) is 20.7. The molecule has 2 aromatic carbocycles. The van der Waals surface area contributed by atoms with Crippen molar-refractivity contribution in [2.24, 2.45) is 7.05 Å². The van der Waals surface area contributed by atoms with E-state index in [2.05, 4.69) is 10.4 Å². The number of nitrogens with one attached hydrogen (secondary N) is 1. The number of hydrogen-bond donors (Lipinski definition) is 2. The minimum Gasteiger partial charge on any atom is -0.382 e. The fourth-order valence-electron chi connectivity index (χ4n) is 3.76. The lowest BCUT2D eigenvalue weighted by atomic mass is 10.1. The molecule has 7 nitrogen and oxygen atoms in total. The first-order valence-electron chi connectivity index (χ1n) is 9.79. The topological polar surface area (TPSA) is 94.9 Å². The third kappa shape index (κ3) is 3.57. The molecule has 1 atom stereocenters. The number of carbonyl (C=O) groups excluding carboxylic acids is 1. The highest BCUT2D eigenvalue weighted by Gasteiger charge is 2.23. The molecular formula is C23H22ClN5O2. The van der Waals surface area contributed by atoms with Crippen molar-refractivity contribution in [3.63, 3.8) is 0 Å². The number of nitrogen functional groups attached to an aromatic ring is 1. The number of amides is 1. The number of aryl methyl sites for hydroxylation is 1. The number of rotatable bonds is 4. The zero-order chi connectivity index (χ0) is 22.3. The van der Waals surface area contributed by atoms with Gasteiger partial charge in [-0.15, -0.1) is 0 Å². The predicted octanol–water partition coefficient (Wildman–Crippen LogP) is 3.76. The second kappa shape index (κ2) is 7.92. The maximum absolute atomic E-state index is 13.5. The number of benzene rings is 2. The van der Waals surface area contributed by atoms with E-state index < -0.39 is 6.04 Å². The van der Waals surface area contributed by atoms with E-state index in [1.807, 2.05) is 49.4 Å². The first-order valence-corrected chi connectivity index (χ1v) is 10.2. The first-order chi connectivity index (χ1) is 14.8. The van der Waals surface area contributed by atoms with Crippen LogP contribution in [0.2, 0.25) is 5.02 Å². The molecule has 31 heavy (non-hydrogen) atoms. The van der Waals surface area contributed by atoms with E-state index in [0.29, 0.717) is 38.4 Å². The number of halogens is 1. The smallest absolute Gasteiger partial charge is 0.264 e. The van der Waals surface area contributed by atoms with Gasteiger partial charge in [-0.05, 0) is 43.5 Å². The molecule has 1 amide bonds. The Bertz CT molecular complexity index is 1360. The maximum atomic E-state index is 13.5. The van der Waals surface area contributed by atoms with Crippen molar-refractivity contribution in [1.82, 2.24) is 19.7 Å². The standard InChI is InChI=1S/C23H22ClN5O2/c1-13(26-22(30)19-14(2)28(3)27-21(19)25)18-12-15-8-7-11-17(24)20(15)23(31)29(18)16-9-5-4-6-10-16/h4-13H,1-3H3,(H2,25,27)(H,26,30)/t13-/m0/s1. The molecular weight excluding hydrogens is 414 g/mol. The number of para-hydroxylation sites is 1. The lowest BCUT2D eigenvalue weighted by molar-refractivity contribution is 0.0939. The summed E-state index contributed by atoms with van der Waals surface area (Å²) in [6.45, 7) is 3.60. The van der Waals surface area contributed by atoms with Gasteiger partial charge in [0.1, 0.15) is 5.56 Å². The Morgan fingerprint density at radius 2 is 1.87 bits per heavy atom. The number of nitrogens with two attached hydrogens (primary N) is 1. The molecule has 0 fully saturated rings. The van der Waals surface area contributed by atoms with E-state index in [9.17, 15) is 9.59 Å². The summed E-state index contributed by atoms with van der Waals surface area (Å²) in [5.41, 5.74) is 7.98. The van der Waals surface area contributed by atoms with E-state index in [1.165, 1.54) is 0 Å². The highest BCUT2D eigenvalue weighted by atomic mass is 35.5. The number of anilines is 1. The molecule has 8 heteroatoms. The summed E-state index contributed by atoms with van der Waals surface area (Å²) >= 11 is 6.35. The summed E-state index contributed by atoms with van der Waals surface area (Å²) in [5, 5.41) is 8.59. The number of carbonyl (C=O) groups is 1. The number of fused-ring (bicyclic) bond motifs is 1. The molecule has 0 unspecified atom stereocenters. The summed E-state index contributed by atoms with van der Waals surface area (Å²) in [4.78, 5) is 26.5. The number of aromatic nitrogens is 3. The molecule has 0 aliphatic heterocycles. The zero-order valence-electron chi connectivity index (χ0n) is 17.4. The zero-order valence-corrected chi connectivity index (χ0v) is 18.1. The van der Waals surface area contributed by atoms with Crippen molar-refractivity contribution in [2.45, 2.75) is 19.9 Å². The van der Waals surface area contributed by atoms with Crippen molar-refractivity contribution in [2.75, 3.05) is 5.73 Å². The molecule has 0 aliphatic carbocycles. The monoisotopic (exact) mass is 435 g/mol. The molecule has 0 spiro atoms. The van der Waals surface area contributed by atoms with Crippen LogP contribution in [0.5, 0.6) is 0 Å². The van der Waals surface area contributed by atoms with Gasteiger partial charge in [0, 0.05) is 24.1 Å². The lowest BCUT2D eigenvalue weighted by Crippen LogP contribution is -2.32. The van der Waals surface area contributed by atoms with Gasteiger partial charge < -0.3 is 11.1 Å². The Morgan fingerprint density at radius 1 is 1.16 bits per heavy atom. The van der Waals surface area contributed by atoms with Crippen molar-refractivity contribution >= 4 is 34.1 Å². The average molecular weight is 436 g/mol. The molecule has 2 heterocycles. The van der Waals surface area contributed by atoms with Crippen LogP contribution in [0, 0.1) is 6.92 Å². The van der Waals surface area contributed by atoms with Crippen LogP contribution in [-0.4, -0.2) is 20.3 Å². The normalized spacial score (nSPS) is 12.1. The van der Waals surface area contributed by atoms with Crippen LogP contribution in [-0.2, 0) is 7.05 Å². The second-order valence-corrected chi connectivity index (χ2v) is 7.82. The molecule has 0 saturated heterocycles. The fraction of sp³-hybridized carbons (Fsp3) is 0.174. The number of pyridine rings is 1. The van der Waals surface area contributed by atoms with Gasteiger partial charge in [-0.2, -0.15) is 5.10 Å². The maximum Gasteiger partial charge on any atom is 0.264 e. The van der Waals surface area contributed by atoms with Gasteiger partial charge in [-0.1, -0.05) is 41.9 Å². The molecule has 3 N–H and O–H groups in total. The molecule has 0 radical (unpaired) electrons. The van der Waals surface area contributed by atoms with E-state index in [-0.39, 0.29) is 17.3 Å². The van der Waals surface area contributed by atoms with E-state index in [4.69, 9.17) is 17.3 Å². The van der Waals surface area contributed by atoms with Crippen molar-refractivity contribution < 1.29 is 4.79 Å². The minimum absolute atomic E-state index is 0.162. The summed E-state index contributed by atoms with van der Waals surface area (Å²) in [6.07, 6.45) is 0. The van der Waals surface area contributed by atoms with Crippen molar-refractivity contribution in [3.8, 4) is 5.69 Å². The fourth-order valence-corrected chi connectivity index (χ4v) is 4.02. The second-order valence-electron chi connectivity index (χ2n) is 7.41. The summed E-state index contributed by atoms with van der Waals surface area (Å²) in [5.74, 6) is -0.190. The van der Waals surface area contributed by atoms with Crippen LogP contribution in [0.25, 0.3) is 16.5 Å². The summed E-state index contributed by atoms with van der Waals surface area (Å²) in [7, 11) is 1.73. The Kier molecular flexibility index (Phi) is 5.29. The molecule has 4 rings (SSSR count). The largest absolute Gasteiger partial charge is 0.382 e. The van der Waals surface area contributed by atoms with E-state index in [0.717, 1.165) is 0 Å². The van der Waals surface area contributed by atoms with Crippen molar-refractivity contribution in [1.29, 1.82) is 0 Å². The SMILES string of the molecule is Cc1c(C(=O)N[C@@H](C)c2cc3cccc(Cl)c3c(=O)n2-c2ccccc2)c(N)nn1C. The van der Waals surface area contributed by atoms with Crippen molar-refractivity contribution in [3.05, 3.63) is 86.9 Å². The summed E-state index contributed by atoms with van der Waals surface area (Å²) < 4.78 is 3.14. The highest BCUT2D eigenvalue weighted by Crippen LogP contribution is 2.26. The Hall–Kier alpha value is -3.58. The lowest BCUT2D eigenvalue weighted by Gasteiger charge is -2.21. The summed E-state index contributed by atoms with van der Waals surface area (Å²) in [6, 6.07) is 16.0. The van der Waals surface area contributed by atoms with Gasteiger partial charge in [0.05, 0.1) is 16.5 Å². The van der Waals surface area contributed by atoms with Crippen LogP contribution in [0.1, 0.15) is 34.7 Å². The predicted molar refractivity (Wildman–Crippen MR) is 123 cm³/mol. The molecule has 158 valence electrons. The quantitative estimate of drug-likeness (QED) is 0.510. The van der Waals surface area contributed by atoms with Gasteiger partial charge in [-0.25, -0.2) is 0 Å². The minimum atomic E-state index is -0.497. The van der Waals surface area contributed by atoms with E-state index in [1.54, 1.807) is 35.4 Å². The molecule has 4 aromatic rings. The van der Waals surface area contributed by atoms with E-state index >= 15 is 0 Å². The molecule has 0 aliphatic rings. The van der Waals surface area contributed by atoms with Gasteiger partial charge in [0.15, 0.2) is 5.82 Å². The third-order valence-electron chi connectivity index (χ3n) is 5.42. The highest BCUT2D eigenvalue weighted by molar-refractivity contribution is 6.35. The van der Waals surface area contributed by atoms with Crippen LogP contribution in [0.3, 0.4) is 0 Å².